The van der Waals surface area contributed by atoms with Crippen LogP contribution < -0.4 is 4.74 Å². The molecule has 8 heteroatoms. The Labute approximate surface area is 178 Å². The molecule has 0 bridgehead atoms. The highest BCUT2D eigenvalue weighted by atomic mass is 32.2. The van der Waals surface area contributed by atoms with E-state index in [1.165, 1.54) is 9.79 Å². The van der Waals surface area contributed by atoms with E-state index in [0.717, 1.165) is 4.90 Å². The van der Waals surface area contributed by atoms with E-state index in [0.29, 0.717) is 5.75 Å². The maximum Gasteiger partial charge on any atom is 0.323 e. The van der Waals surface area contributed by atoms with E-state index in [2.05, 4.69) is 24.3 Å². The summed E-state index contributed by atoms with van der Waals surface area (Å²) in [4.78, 5) is 14.8. The van der Waals surface area contributed by atoms with Gasteiger partial charge < -0.3 is 9.47 Å². The van der Waals surface area contributed by atoms with Crippen LogP contribution in [0, 0.1) is 0 Å². The third-order valence-corrected chi connectivity index (χ3v) is 6.76. The molecule has 0 aliphatic heterocycles. The SMILES string of the molecule is O=C(CS(=O)(=O)O)OCCOc1ccc([S+](c2ccccc2)c2ccccc2)cc1. The molecule has 0 aromatic heterocycles. The summed E-state index contributed by atoms with van der Waals surface area (Å²) in [6, 6.07) is 28.3. The van der Waals surface area contributed by atoms with Crippen molar-refractivity contribution in [2.45, 2.75) is 14.7 Å². The zero-order chi connectivity index (χ0) is 21.4. The highest BCUT2D eigenvalue weighted by Crippen LogP contribution is 2.31. The van der Waals surface area contributed by atoms with Crippen LogP contribution >= 0.6 is 0 Å². The second-order valence-electron chi connectivity index (χ2n) is 6.20. The molecular formula is C22H21O6S2+. The topological polar surface area (TPSA) is 89.9 Å². The van der Waals surface area contributed by atoms with Crippen molar-refractivity contribution >= 4 is 27.0 Å². The van der Waals surface area contributed by atoms with E-state index in [1.807, 2.05) is 60.7 Å². The molecule has 0 unspecified atom stereocenters. The molecule has 0 saturated heterocycles. The van der Waals surface area contributed by atoms with Crippen LogP contribution in [-0.2, 0) is 30.5 Å². The van der Waals surface area contributed by atoms with Gasteiger partial charge in [-0.2, -0.15) is 8.42 Å². The molecule has 0 spiro atoms. The first-order chi connectivity index (χ1) is 14.4. The summed E-state index contributed by atoms with van der Waals surface area (Å²) in [7, 11) is -4.64. The highest BCUT2D eigenvalue weighted by Gasteiger charge is 2.28. The minimum Gasteiger partial charge on any atom is -0.490 e. The second-order valence-corrected chi connectivity index (χ2v) is 9.68. The lowest BCUT2D eigenvalue weighted by Gasteiger charge is -2.10. The van der Waals surface area contributed by atoms with Crippen molar-refractivity contribution in [3.63, 3.8) is 0 Å². The van der Waals surface area contributed by atoms with Gasteiger partial charge in [0, 0.05) is 0 Å². The van der Waals surface area contributed by atoms with Gasteiger partial charge in [0.2, 0.25) is 0 Å². The minimum atomic E-state index is -4.39. The van der Waals surface area contributed by atoms with Gasteiger partial charge in [-0.25, -0.2) is 0 Å². The molecular weight excluding hydrogens is 424 g/mol. The first kappa shape index (κ1) is 21.9. The molecule has 6 nitrogen and oxygen atoms in total. The largest absolute Gasteiger partial charge is 0.490 e. The van der Waals surface area contributed by atoms with Crippen molar-refractivity contribution in [1.82, 2.24) is 0 Å². The summed E-state index contributed by atoms with van der Waals surface area (Å²) < 4.78 is 40.1. The zero-order valence-corrected chi connectivity index (χ0v) is 17.6. The molecule has 3 rings (SSSR count). The van der Waals surface area contributed by atoms with Crippen molar-refractivity contribution in [1.29, 1.82) is 0 Å². The Kier molecular flexibility index (Phi) is 7.51. The third kappa shape index (κ3) is 6.62. The predicted molar refractivity (Wildman–Crippen MR) is 114 cm³/mol. The van der Waals surface area contributed by atoms with Gasteiger partial charge in [0.1, 0.15) is 19.0 Å². The average Bonchev–Trinajstić information content (AvgIpc) is 2.73. The third-order valence-electron chi connectivity index (χ3n) is 3.93. The second kappa shape index (κ2) is 10.3. The van der Waals surface area contributed by atoms with Crippen LogP contribution in [0.15, 0.2) is 99.6 Å². The van der Waals surface area contributed by atoms with E-state index in [-0.39, 0.29) is 24.1 Å². The number of carbonyl (C=O) groups excluding carboxylic acids is 1. The quantitative estimate of drug-likeness (QED) is 0.234. The molecule has 0 aliphatic carbocycles. The summed E-state index contributed by atoms with van der Waals surface area (Å²) >= 11 is 0. The van der Waals surface area contributed by atoms with Gasteiger partial charge in [-0.1, -0.05) is 36.4 Å². The maximum atomic E-state index is 11.2. The lowest BCUT2D eigenvalue weighted by atomic mass is 10.3. The monoisotopic (exact) mass is 445 g/mol. The van der Waals surface area contributed by atoms with Gasteiger partial charge in [-0.3, -0.25) is 9.35 Å². The number of hydrogen-bond donors (Lipinski definition) is 1. The van der Waals surface area contributed by atoms with Crippen LogP contribution in [-0.4, -0.2) is 37.9 Å². The maximum absolute atomic E-state index is 11.2. The number of rotatable bonds is 9. The van der Waals surface area contributed by atoms with Crippen LogP contribution in [0.4, 0.5) is 0 Å². The lowest BCUT2D eigenvalue weighted by molar-refractivity contribution is -0.141. The smallest absolute Gasteiger partial charge is 0.323 e. The van der Waals surface area contributed by atoms with Crippen LogP contribution in [0.3, 0.4) is 0 Å². The average molecular weight is 446 g/mol. The standard InChI is InChI=1S/C22H20O6S2/c23-22(17-30(24,25)26)28-16-15-27-18-11-13-21(14-12-18)29(19-7-3-1-4-8-19)20-9-5-2-6-10-20/h1-14H,15-17H2/p+1. The number of benzene rings is 3. The fraction of sp³-hybridized carbons (Fsp3) is 0.136. The summed E-state index contributed by atoms with van der Waals surface area (Å²) in [5.41, 5.74) is 0. The Morgan fingerprint density at radius 1 is 0.767 bits per heavy atom. The molecule has 1 N–H and O–H groups in total. The van der Waals surface area contributed by atoms with Gasteiger partial charge in [0.25, 0.3) is 10.1 Å². The zero-order valence-electron chi connectivity index (χ0n) is 16.0. The van der Waals surface area contributed by atoms with Crippen molar-refractivity contribution in [3.8, 4) is 5.75 Å². The molecule has 3 aromatic carbocycles. The first-order valence-electron chi connectivity index (χ1n) is 9.10. The van der Waals surface area contributed by atoms with E-state index < -0.39 is 21.8 Å². The molecule has 0 aliphatic rings. The summed E-state index contributed by atoms with van der Waals surface area (Å²) in [5, 5.41) is 0. The summed E-state index contributed by atoms with van der Waals surface area (Å²) in [5.74, 6) is -1.48. The van der Waals surface area contributed by atoms with Gasteiger partial charge in [-0.15, -0.1) is 0 Å². The van der Waals surface area contributed by atoms with Crippen LogP contribution in [0.25, 0.3) is 0 Å². The minimum absolute atomic E-state index is 0.0691. The summed E-state index contributed by atoms with van der Waals surface area (Å²) in [6.07, 6.45) is 0. The Morgan fingerprint density at radius 3 is 1.77 bits per heavy atom. The number of carbonyl (C=O) groups is 1. The summed E-state index contributed by atoms with van der Waals surface area (Å²) in [6.45, 7) is -0.0475. The molecule has 0 fully saturated rings. The van der Waals surface area contributed by atoms with Gasteiger partial charge in [0.05, 0.1) is 10.9 Å². The molecule has 0 saturated carbocycles. The van der Waals surface area contributed by atoms with E-state index in [9.17, 15) is 13.2 Å². The van der Waals surface area contributed by atoms with E-state index in [4.69, 9.17) is 14.0 Å². The van der Waals surface area contributed by atoms with Gasteiger partial charge >= 0.3 is 5.97 Å². The first-order valence-corrected chi connectivity index (χ1v) is 11.9. The van der Waals surface area contributed by atoms with Crippen LogP contribution in [0.2, 0.25) is 0 Å². The Balaban J connectivity index is 1.64. The van der Waals surface area contributed by atoms with Crippen molar-refractivity contribution in [2.24, 2.45) is 0 Å². The number of hydrogen-bond acceptors (Lipinski definition) is 5. The fourth-order valence-corrected chi connectivity index (χ4v) is 5.16. The van der Waals surface area contributed by atoms with Gasteiger partial charge in [0.15, 0.2) is 20.4 Å². The Morgan fingerprint density at radius 2 is 1.27 bits per heavy atom. The van der Waals surface area contributed by atoms with Crippen molar-refractivity contribution in [2.75, 3.05) is 19.0 Å². The van der Waals surface area contributed by atoms with Crippen LogP contribution in [0.5, 0.6) is 5.75 Å². The molecule has 0 atom stereocenters. The van der Waals surface area contributed by atoms with Gasteiger partial charge in [-0.05, 0) is 48.5 Å². The molecule has 156 valence electrons. The molecule has 0 heterocycles. The van der Waals surface area contributed by atoms with Crippen molar-refractivity contribution < 1.29 is 27.2 Å². The Bertz CT molecular complexity index is 1010. The molecule has 0 amide bonds. The van der Waals surface area contributed by atoms with E-state index >= 15 is 0 Å². The molecule has 0 radical (unpaired) electrons. The molecule has 3 aromatic rings. The highest BCUT2D eigenvalue weighted by molar-refractivity contribution is 7.97. The normalized spacial score (nSPS) is 11.3. The lowest BCUT2D eigenvalue weighted by Crippen LogP contribution is -2.20. The Hall–Kier alpha value is -2.81. The molecule has 30 heavy (non-hydrogen) atoms. The fourth-order valence-electron chi connectivity index (χ4n) is 2.70. The predicted octanol–water partition coefficient (Wildman–Crippen LogP) is 3.59. The van der Waals surface area contributed by atoms with E-state index in [1.54, 1.807) is 0 Å². The van der Waals surface area contributed by atoms with Crippen molar-refractivity contribution in [3.05, 3.63) is 84.9 Å². The number of ether oxygens (including phenoxy) is 2. The van der Waals surface area contributed by atoms with Crippen LogP contribution in [0.1, 0.15) is 0 Å². The number of esters is 1.